The molecule has 0 aromatic carbocycles. The summed E-state index contributed by atoms with van der Waals surface area (Å²) in [6.45, 7) is 3.86. The SMILES string of the molecule is CCCCCCCCCCCCCCCC(=O)CC(O)(CO)C(=O)CCCCCCCCCCCCCCC. The van der Waals surface area contributed by atoms with Crippen LogP contribution in [0.5, 0.6) is 0 Å². The zero-order valence-electron chi connectivity index (χ0n) is 26.4. The third-order valence-corrected chi connectivity index (χ3v) is 8.34. The van der Waals surface area contributed by atoms with Crippen molar-refractivity contribution in [2.24, 2.45) is 0 Å². The van der Waals surface area contributed by atoms with Gasteiger partial charge in [0.25, 0.3) is 0 Å². The summed E-state index contributed by atoms with van der Waals surface area (Å²) in [5.74, 6) is -0.472. The molecule has 0 aliphatic carbocycles. The van der Waals surface area contributed by atoms with Gasteiger partial charge in [-0.2, -0.15) is 0 Å². The summed E-state index contributed by atoms with van der Waals surface area (Å²) >= 11 is 0. The number of aliphatic hydroxyl groups excluding tert-OH is 1. The van der Waals surface area contributed by atoms with Gasteiger partial charge in [-0.3, -0.25) is 9.59 Å². The van der Waals surface area contributed by atoms with E-state index in [0.717, 1.165) is 38.5 Å². The van der Waals surface area contributed by atoms with Gasteiger partial charge in [0.1, 0.15) is 5.78 Å². The number of ketones is 2. The monoisotopic (exact) mass is 553 g/mol. The van der Waals surface area contributed by atoms with E-state index in [9.17, 15) is 19.8 Å². The van der Waals surface area contributed by atoms with Crippen LogP contribution in [0.3, 0.4) is 0 Å². The normalized spacial score (nSPS) is 13.0. The molecule has 0 amide bonds. The van der Waals surface area contributed by atoms with E-state index in [-0.39, 0.29) is 24.4 Å². The molecule has 0 saturated carbocycles. The van der Waals surface area contributed by atoms with E-state index in [0.29, 0.717) is 6.42 Å². The number of carbonyl (C=O) groups is 2. The third kappa shape index (κ3) is 24.8. The zero-order valence-corrected chi connectivity index (χ0v) is 26.4. The Hall–Kier alpha value is -0.740. The number of rotatable bonds is 32. The highest BCUT2D eigenvalue weighted by Crippen LogP contribution is 2.20. The molecule has 232 valence electrons. The Morgan fingerprint density at radius 3 is 1.05 bits per heavy atom. The van der Waals surface area contributed by atoms with Crippen molar-refractivity contribution in [2.45, 2.75) is 206 Å². The van der Waals surface area contributed by atoms with Crippen LogP contribution in [0.15, 0.2) is 0 Å². The first-order valence-corrected chi connectivity index (χ1v) is 17.4. The minimum Gasteiger partial charge on any atom is -0.393 e. The largest absolute Gasteiger partial charge is 0.393 e. The molecule has 4 heteroatoms. The van der Waals surface area contributed by atoms with Crippen molar-refractivity contribution in [3.8, 4) is 0 Å². The molecule has 0 radical (unpaired) electrons. The molecule has 0 aliphatic heterocycles. The van der Waals surface area contributed by atoms with Crippen LogP contribution in [0.1, 0.15) is 200 Å². The van der Waals surface area contributed by atoms with Crippen molar-refractivity contribution < 1.29 is 19.8 Å². The predicted molar refractivity (Wildman–Crippen MR) is 167 cm³/mol. The Morgan fingerprint density at radius 1 is 0.462 bits per heavy atom. The molecule has 39 heavy (non-hydrogen) atoms. The molecule has 1 atom stereocenters. The van der Waals surface area contributed by atoms with Crippen molar-refractivity contribution in [3.63, 3.8) is 0 Å². The average molecular weight is 553 g/mol. The molecule has 4 nitrogen and oxygen atoms in total. The quantitative estimate of drug-likeness (QED) is 0.0814. The van der Waals surface area contributed by atoms with Crippen LogP contribution in [0, 0.1) is 0 Å². The molecule has 0 saturated heterocycles. The van der Waals surface area contributed by atoms with Crippen LogP contribution in [-0.2, 0) is 9.59 Å². The molecule has 0 fully saturated rings. The summed E-state index contributed by atoms with van der Waals surface area (Å²) in [5, 5.41) is 20.3. The van der Waals surface area contributed by atoms with E-state index in [2.05, 4.69) is 13.8 Å². The van der Waals surface area contributed by atoms with Crippen LogP contribution in [0.4, 0.5) is 0 Å². The molecule has 0 aliphatic rings. The highest BCUT2D eigenvalue weighted by molar-refractivity contribution is 5.93. The molecular weight excluding hydrogens is 484 g/mol. The Bertz CT molecular complexity index is 547. The van der Waals surface area contributed by atoms with Gasteiger partial charge in [0.05, 0.1) is 6.61 Å². The third-order valence-electron chi connectivity index (χ3n) is 8.34. The zero-order chi connectivity index (χ0) is 28.9. The molecule has 0 spiro atoms. The van der Waals surface area contributed by atoms with Gasteiger partial charge < -0.3 is 10.2 Å². The first-order valence-electron chi connectivity index (χ1n) is 17.4. The van der Waals surface area contributed by atoms with Gasteiger partial charge in [-0.15, -0.1) is 0 Å². The van der Waals surface area contributed by atoms with Crippen LogP contribution in [0.2, 0.25) is 0 Å². The highest BCUT2D eigenvalue weighted by atomic mass is 16.3. The molecule has 1 unspecified atom stereocenters. The maximum absolute atomic E-state index is 12.6. The highest BCUT2D eigenvalue weighted by Gasteiger charge is 2.36. The Kier molecular flexibility index (Phi) is 28.2. The fourth-order valence-electron chi connectivity index (χ4n) is 5.53. The predicted octanol–water partition coefficient (Wildman–Crippen LogP) is 10.2. The number of hydrogen-bond donors (Lipinski definition) is 2. The maximum atomic E-state index is 12.6. The lowest BCUT2D eigenvalue weighted by Gasteiger charge is -2.23. The fraction of sp³-hybridized carbons (Fsp3) is 0.943. The van der Waals surface area contributed by atoms with E-state index < -0.39 is 12.2 Å². The van der Waals surface area contributed by atoms with Crippen molar-refractivity contribution >= 4 is 11.6 Å². The molecular formula is C35H68O4. The van der Waals surface area contributed by atoms with Gasteiger partial charge >= 0.3 is 0 Å². The number of carbonyl (C=O) groups excluding carboxylic acids is 2. The van der Waals surface area contributed by atoms with Gasteiger partial charge in [-0.25, -0.2) is 0 Å². The number of hydrogen-bond acceptors (Lipinski definition) is 4. The number of unbranched alkanes of at least 4 members (excludes halogenated alkanes) is 24. The Morgan fingerprint density at radius 2 is 0.744 bits per heavy atom. The van der Waals surface area contributed by atoms with E-state index in [1.54, 1.807) is 0 Å². The first-order chi connectivity index (χ1) is 19.0. The van der Waals surface area contributed by atoms with Gasteiger partial charge in [-0.1, -0.05) is 168 Å². The molecule has 0 heterocycles. The van der Waals surface area contributed by atoms with Gasteiger partial charge in [0, 0.05) is 19.3 Å². The summed E-state index contributed by atoms with van der Waals surface area (Å²) in [7, 11) is 0. The van der Waals surface area contributed by atoms with Crippen molar-refractivity contribution in [1.82, 2.24) is 0 Å². The van der Waals surface area contributed by atoms with Crippen molar-refractivity contribution in [2.75, 3.05) is 6.61 Å². The lowest BCUT2D eigenvalue weighted by molar-refractivity contribution is -0.147. The summed E-state index contributed by atoms with van der Waals surface area (Å²) in [6.07, 6.45) is 32.8. The van der Waals surface area contributed by atoms with Crippen LogP contribution in [0.25, 0.3) is 0 Å². The van der Waals surface area contributed by atoms with Gasteiger partial charge in [-0.05, 0) is 12.8 Å². The minimum atomic E-state index is -1.88. The van der Waals surface area contributed by atoms with E-state index in [1.165, 1.54) is 128 Å². The first kappa shape index (κ1) is 38.3. The lowest BCUT2D eigenvalue weighted by Crippen LogP contribution is -2.44. The second-order valence-electron chi connectivity index (χ2n) is 12.3. The minimum absolute atomic E-state index is 0.103. The average Bonchev–Trinajstić information content (AvgIpc) is 2.93. The van der Waals surface area contributed by atoms with E-state index >= 15 is 0 Å². The standard InChI is InChI=1S/C35H68O4/c1-3-5-7-9-11-13-15-17-19-21-23-25-27-29-33(37)31-35(39,32-36)34(38)30-28-26-24-22-20-18-16-14-12-10-8-6-4-2/h36,39H,3-32H2,1-2H3. The van der Waals surface area contributed by atoms with E-state index in [1.807, 2.05) is 0 Å². The molecule has 0 aromatic rings. The van der Waals surface area contributed by atoms with Gasteiger partial charge in [0.2, 0.25) is 0 Å². The summed E-state index contributed by atoms with van der Waals surface area (Å²) in [5.41, 5.74) is -1.88. The number of Topliss-reactive ketones (excluding diaryl/α,β-unsaturated/α-hetero) is 2. The smallest absolute Gasteiger partial charge is 0.167 e. The molecule has 2 N–H and O–H groups in total. The molecule has 0 aromatic heterocycles. The van der Waals surface area contributed by atoms with Gasteiger partial charge in [0.15, 0.2) is 11.4 Å². The topological polar surface area (TPSA) is 74.6 Å². The lowest BCUT2D eigenvalue weighted by atomic mass is 9.88. The van der Waals surface area contributed by atoms with E-state index in [4.69, 9.17) is 0 Å². The van der Waals surface area contributed by atoms with Crippen molar-refractivity contribution in [1.29, 1.82) is 0 Å². The van der Waals surface area contributed by atoms with Crippen LogP contribution in [-0.4, -0.2) is 34.0 Å². The summed E-state index contributed by atoms with van der Waals surface area (Å²) in [6, 6.07) is 0. The van der Waals surface area contributed by atoms with Crippen LogP contribution >= 0.6 is 0 Å². The Balaban J connectivity index is 3.71. The summed E-state index contributed by atoms with van der Waals surface area (Å²) in [4.78, 5) is 24.9. The van der Waals surface area contributed by atoms with Crippen molar-refractivity contribution in [3.05, 3.63) is 0 Å². The summed E-state index contributed by atoms with van der Waals surface area (Å²) < 4.78 is 0. The second-order valence-corrected chi connectivity index (χ2v) is 12.3. The van der Waals surface area contributed by atoms with Crippen LogP contribution < -0.4 is 0 Å². The maximum Gasteiger partial charge on any atom is 0.167 e. The second kappa shape index (κ2) is 28.8. The molecule has 0 bridgehead atoms. The fourth-order valence-corrected chi connectivity index (χ4v) is 5.53. The Labute approximate surface area is 243 Å². The molecule has 0 rings (SSSR count). The number of aliphatic hydroxyl groups is 2.